The van der Waals surface area contributed by atoms with E-state index in [4.69, 9.17) is 5.73 Å². The van der Waals surface area contributed by atoms with Crippen molar-refractivity contribution in [2.24, 2.45) is 5.92 Å². The first-order chi connectivity index (χ1) is 8.13. The highest BCUT2D eigenvalue weighted by atomic mass is 16.2. The monoisotopic (exact) mass is 233 g/mol. The molecule has 17 heavy (non-hydrogen) atoms. The van der Waals surface area contributed by atoms with Gasteiger partial charge in [-0.1, -0.05) is 13.0 Å². The zero-order chi connectivity index (χ0) is 12.3. The Labute approximate surface area is 102 Å². The van der Waals surface area contributed by atoms with Crippen LogP contribution in [-0.2, 0) is 4.79 Å². The van der Waals surface area contributed by atoms with Gasteiger partial charge < -0.3 is 11.1 Å². The lowest BCUT2D eigenvalue weighted by molar-refractivity contribution is -0.117. The third-order valence-corrected chi connectivity index (χ3v) is 3.05. The second kappa shape index (κ2) is 5.19. The molecule has 0 saturated carbocycles. The van der Waals surface area contributed by atoms with Crippen LogP contribution in [0.2, 0.25) is 0 Å². The minimum absolute atomic E-state index is 0.0321. The first-order valence-electron chi connectivity index (χ1n) is 6.01. The van der Waals surface area contributed by atoms with E-state index in [-0.39, 0.29) is 5.91 Å². The molecule has 1 heterocycles. The molecule has 1 aliphatic rings. The van der Waals surface area contributed by atoms with Crippen molar-refractivity contribution in [3.63, 3.8) is 0 Å². The van der Waals surface area contributed by atoms with E-state index in [0.29, 0.717) is 18.2 Å². The number of rotatable bonds is 3. The fraction of sp³-hybridized carbons (Fsp3) is 0.462. The standard InChI is InChI=1S/C13H19N3O/c1-10-5-6-16(8-10)9-13(17)15-12-4-2-3-11(14)7-12/h2-4,7,10H,5-6,8-9,14H2,1H3,(H,15,17). The summed E-state index contributed by atoms with van der Waals surface area (Å²) in [7, 11) is 0. The summed E-state index contributed by atoms with van der Waals surface area (Å²) in [5.41, 5.74) is 7.08. The van der Waals surface area contributed by atoms with Crippen molar-refractivity contribution >= 4 is 17.3 Å². The normalized spacial score (nSPS) is 20.4. The van der Waals surface area contributed by atoms with Crippen molar-refractivity contribution in [2.45, 2.75) is 13.3 Å². The topological polar surface area (TPSA) is 58.4 Å². The van der Waals surface area contributed by atoms with Gasteiger partial charge in [0.1, 0.15) is 0 Å². The van der Waals surface area contributed by atoms with E-state index in [0.717, 1.165) is 18.8 Å². The number of hydrogen-bond donors (Lipinski definition) is 2. The molecule has 1 aromatic rings. The Kier molecular flexibility index (Phi) is 3.64. The van der Waals surface area contributed by atoms with Gasteiger partial charge in [-0.15, -0.1) is 0 Å². The molecule has 4 heteroatoms. The SMILES string of the molecule is CC1CCN(CC(=O)Nc2cccc(N)c2)C1. The van der Waals surface area contributed by atoms with Gasteiger partial charge in [-0.2, -0.15) is 0 Å². The van der Waals surface area contributed by atoms with Gasteiger partial charge in [0.25, 0.3) is 0 Å². The quantitative estimate of drug-likeness (QED) is 0.779. The first kappa shape index (κ1) is 11.9. The van der Waals surface area contributed by atoms with Crippen molar-refractivity contribution in [1.29, 1.82) is 0 Å². The minimum Gasteiger partial charge on any atom is -0.399 e. The van der Waals surface area contributed by atoms with Crippen LogP contribution in [0.25, 0.3) is 0 Å². The maximum Gasteiger partial charge on any atom is 0.238 e. The van der Waals surface area contributed by atoms with Gasteiger partial charge in [0.15, 0.2) is 0 Å². The predicted octanol–water partition coefficient (Wildman–Crippen LogP) is 1.55. The molecule has 1 fully saturated rings. The van der Waals surface area contributed by atoms with E-state index in [1.165, 1.54) is 6.42 Å². The van der Waals surface area contributed by atoms with E-state index in [2.05, 4.69) is 17.1 Å². The Morgan fingerprint density at radius 1 is 1.59 bits per heavy atom. The van der Waals surface area contributed by atoms with Crippen LogP contribution >= 0.6 is 0 Å². The van der Waals surface area contributed by atoms with E-state index >= 15 is 0 Å². The Morgan fingerprint density at radius 3 is 3.06 bits per heavy atom. The van der Waals surface area contributed by atoms with Gasteiger partial charge in [-0.3, -0.25) is 9.69 Å². The van der Waals surface area contributed by atoms with Crippen LogP contribution in [-0.4, -0.2) is 30.4 Å². The molecule has 1 amide bonds. The number of nitrogens with two attached hydrogens (primary N) is 1. The van der Waals surface area contributed by atoms with Crippen LogP contribution in [0, 0.1) is 5.92 Å². The number of carbonyl (C=O) groups is 1. The Morgan fingerprint density at radius 2 is 2.41 bits per heavy atom. The number of anilines is 2. The average Bonchev–Trinajstić information content (AvgIpc) is 2.63. The van der Waals surface area contributed by atoms with E-state index in [1.807, 2.05) is 12.1 Å². The van der Waals surface area contributed by atoms with E-state index < -0.39 is 0 Å². The number of hydrogen-bond acceptors (Lipinski definition) is 3. The van der Waals surface area contributed by atoms with Gasteiger partial charge in [0.05, 0.1) is 6.54 Å². The zero-order valence-corrected chi connectivity index (χ0v) is 10.1. The molecular formula is C13H19N3O. The molecule has 1 aliphatic heterocycles. The summed E-state index contributed by atoms with van der Waals surface area (Å²) in [5.74, 6) is 0.736. The van der Waals surface area contributed by atoms with E-state index in [9.17, 15) is 4.79 Å². The van der Waals surface area contributed by atoms with Crippen LogP contribution in [0.5, 0.6) is 0 Å². The zero-order valence-electron chi connectivity index (χ0n) is 10.1. The molecule has 92 valence electrons. The smallest absolute Gasteiger partial charge is 0.238 e. The molecular weight excluding hydrogens is 214 g/mol. The van der Waals surface area contributed by atoms with Gasteiger partial charge in [0, 0.05) is 17.9 Å². The number of nitrogens with one attached hydrogen (secondary N) is 1. The summed E-state index contributed by atoms with van der Waals surface area (Å²) in [6.45, 7) is 4.73. The van der Waals surface area contributed by atoms with Crippen LogP contribution in [0.4, 0.5) is 11.4 Å². The summed E-state index contributed by atoms with van der Waals surface area (Å²) >= 11 is 0. The van der Waals surface area contributed by atoms with E-state index in [1.54, 1.807) is 12.1 Å². The molecule has 0 radical (unpaired) electrons. The first-order valence-corrected chi connectivity index (χ1v) is 6.01. The molecule has 0 bridgehead atoms. The van der Waals surface area contributed by atoms with Gasteiger partial charge in [-0.05, 0) is 37.1 Å². The Bertz CT molecular complexity index is 405. The molecule has 3 N–H and O–H groups in total. The fourth-order valence-corrected chi connectivity index (χ4v) is 2.19. The van der Waals surface area contributed by atoms with Crippen molar-refractivity contribution in [3.8, 4) is 0 Å². The molecule has 1 unspecified atom stereocenters. The molecule has 0 aromatic heterocycles. The van der Waals surface area contributed by atoms with Gasteiger partial charge in [0.2, 0.25) is 5.91 Å². The van der Waals surface area contributed by atoms with Crippen LogP contribution < -0.4 is 11.1 Å². The summed E-state index contributed by atoms with van der Waals surface area (Å²) in [6.07, 6.45) is 1.19. The summed E-state index contributed by atoms with van der Waals surface area (Å²) in [6, 6.07) is 7.26. The number of benzene rings is 1. The minimum atomic E-state index is 0.0321. The number of amides is 1. The second-order valence-corrected chi connectivity index (χ2v) is 4.80. The predicted molar refractivity (Wildman–Crippen MR) is 69.7 cm³/mol. The highest BCUT2D eigenvalue weighted by Crippen LogP contribution is 2.15. The highest BCUT2D eigenvalue weighted by Gasteiger charge is 2.20. The third-order valence-electron chi connectivity index (χ3n) is 3.05. The lowest BCUT2D eigenvalue weighted by atomic mass is 10.2. The van der Waals surface area contributed by atoms with Crippen molar-refractivity contribution in [2.75, 3.05) is 30.7 Å². The highest BCUT2D eigenvalue weighted by molar-refractivity contribution is 5.92. The maximum atomic E-state index is 11.8. The van der Waals surface area contributed by atoms with Crippen molar-refractivity contribution in [1.82, 2.24) is 4.90 Å². The summed E-state index contributed by atoms with van der Waals surface area (Å²) in [4.78, 5) is 14.0. The molecule has 1 atom stereocenters. The van der Waals surface area contributed by atoms with Crippen molar-refractivity contribution < 1.29 is 4.79 Å². The number of likely N-dealkylation sites (tertiary alicyclic amines) is 1. The van der Waals surface area contributed by atoms with Gasteiger partial charge >= 0.3 is 0 Å². The molecule has 1 aromatic carbocycles. The summed E-state index contributed by atoms with van der Waals surface area (Å²) < 4.78 is 0. The van der Waals surface area contributed by atoms with Crippen LogP contribution in [0.3, 0.4) is 0 Å². The van der Waals surface area contributed by atoms with Crippen molar-refractivity contribution in [3.05, 3.63) is 24.3 Å². The maximum absolute atomic E-state index is 11.8. The number of nitrogens with zero attached hydrogens (tertiary/aromatic N) is 1. The molecule has 2 rings (SSSR count). The lowest BCUT2D eigenvalue weighted by Crippen LogP contribution is -2.31. The number of nitrogen functional groups attached to an aromatic ring is 1. The average molecular weight is 233 g/mol. The fourth-order valence-electron chi connectivity index (χ4n) is 2.19. The second-order valence-electron chi connectivity index (χ2n) is 4.80. The molecule has 0 aliphatic carbocycles. The largest absolute Gasteiger partial charge is 0.399 e. The molecule has 1 saturated heterocycles. The lowest BCUT2D eigenvalue weighted by Gasteiger charge is -2.14. The molecule has 0 spiro atoms. The van der Waals surface area contributed by atoms with Crippen LogP contribution in [0.1, 0.15) is 13.3 Å². The van der Waals surface area contributed by atoms with Crippen LogP contribution in [0.15, 0.2) is 24.3 Å². The Balaban J connectivity index is 1.85. The Hall–Kier alpha value is -1.55. The summed E-state index contributed by atoms with van der Waals surface area (Å²) in [5, 5.41) is 2.86. The third kappa shape index (κ3) is 3.46. The van der Waals surface area contributed by atoms with Gasteiger partial charge in [-0.25, -0.2) is 0 Å². The number of carbonyl (C=O) groups excluding carboxylic acids is 1. The molecule has 4 nitrogen and oxygen atoms in total.